The normalized spacial score (nSPS) is 19.6. The van der Waals surface area contributed by atoms with Crippen molar-refractivity contribution in [2.75, 3.05) is 18.1 Å². The molecule has 1 aromatic carbocycles. The highest BCUT2D eigenvalue weighted by molar-refractivity contribution is 7.98. The molecule has 7 heteroatoms. The van der Waals surface area contributed by atoms with Crippen molar-refractivity contribution in [2.45, 2.75) is 56.4 Å². The molecule has 0 radical (unpaired) electrons. The standard InChI is InChI=1S/C19H27N3O3S/c1-4-5-6-7-12-19(2)17(24)22(18(25)21-19)13-16(23)20-14-8-10-15(26-3)11-9-14/h8-11H,4-7,12-13H2,1-3H3,(H,20,23)(H,21,25). The van der Waals surface area contributed by atoms with Gasteiger partial charge in [0.15, 0.2) is 0 Å². The summed E-state index contributed by atoms with van der Waals surface area (Å²) in [6.07, 6.45) is 6.69. The number of hydrogen-bond acceptors (Lipinski definition) is 4. The van der Waals surface area contributed by atoms with Crippen LogP contribution in [0.4, 0.5) is 10.5 Å². The lowest BCUT2D eigenvalue weighted by atomic mass is 9.94. The van der Waals surface area contributed by atoms with Crippen molar-refractivity contribution >= 4 is 35.3 Å². The van der Waals surface area contributed by atoms with E-state index in [4.69, 9.17) is 0 Å². The van der Waals surface area contributed by atoms with Crippen molar-refractivity contribution in [3.8, 4) is 0 Å². The molecule has 0 spiro atoms. The molecule has 2 rings (SSSR count). The topological polar surface area (TPSA) is 78.5 Å². The first-order valence-corrected chi connectivity index (χ1v) is 10.2. The molecule has 1 heterocycles. The molecule has 1 saturated heterocycles. The van der Waals surface area contributed by atoms with Crippen molar-refractivity contribution in [3.63, 3.8) is 0 Å². The average Bonchev–Trinajstić information content (AvgIpc) is 2.83. The quantitative estimate of drug-likeness (QED) is 0.391. The number of imide groups is 1. The van der Waals surface area contributed by atoms with Gasteiger partial charge >= 0.3 is 6.03 Å². The molecule has 6 nitrogen and oxygen atoms in total. The number of urea groups is 1. The number of anilines is 1. The largest absolute Gasteiger partial charge is 0.325 e. The molecule has 4 amide bonds. The molecule has 1 unspecified atom stereocenters. The summed E-state index contributed by atoms with van der Waals surface area (Å²) < 4.78 is 0. The molecular weight excluding hydrogens is 350 g/mol. The van der Waals surface area contributed by atoms with E-state index in [-0.39, 0.29) is 18.4 Å². The van der Waals surface area contributed by atoms with Gasteiger partial charge in [0.25, 0.3) is 5.91 Å². The summed E-state index contributed by atoms with van der Waals surface area (Å²) in [5, 5.41) is 5.47. The van der Waals surface area contributed by atoms with Crippen LogP contribution in [0.3, 0.4) is 0 Å². The van der Waals surface area contributed by atoms with E-state index in [2.05, 4.69) is 17.6 Å². The molecule has 1 aliphatic heterocycles. The Labute approximate surface area is 159 Å². The first kappa shape index (κ1) is 20.3. The van der Waals surface area contributed by atoms with Crippen molar-refractivity contribution in [1.82, 2.24) is 10.2 Å². The van der Waals surface area contributed by atoms with E-state index < -0.39 is 11.6 Å². The third-order valence-corrected chi connectivity index (χ3v) is 5.29. The number of rotatable bonds is 9. The Morgan fingerprint density at radius 3 is 2.50 bits per heavy atom. The van der Waals surface area contributed by atoms with Crippen molar-refractivity contribution < 1.29 is 14.4 Å². The number of thioether (sulfide) groups is 1. The van der Waals surface area contributed by atoms with Gasteiger partial charge in [-0.05, 0) is 43.9 Å². The number of amides is 4. The van der Waals surface area contributed by atoms with Crippen molar-refractivity contribution in [3.05, 3.63) is 24.3 Å². The van der Waals surface area contributed by atoms with Crippen LogP contribution in [0.15, 0.2) is 29.2 Å². The van der Waals surface area contributed by atoms with E-state index >= 15 is 0 Å². The van der Waals surface area contributed by atoms with E-state index in [1.165, 1.54) is 0 Å². The SMILES string of the molecule is CCCCCCC1(C)NC(=O)N(CC(=O)Nc2ccc(SC)cc2)C1=O. The van der Waals surface area contributed by atoms with Gasteiger partial charge in [-0.25, -0.2) is 4.79 Å². The van der Waals surface area contributed by atoms with E-state index in [0.29, 0.717) is 12.1 Å². The molecule has 0 saturated carbocycles. The van der Waals surface area contributed by atoms with Gasteiger partial charge in [0.2, 0.25) is 5.91 Å². The molecular formula is C19H27N3O3S. The molecule has 1 aromatic rings. The molecule has 26 heavy (non-hydrogen) atoms. The molecule has 0 aliphatic carbocycles. The van der Waals surface area contributed by atoms with Crippen LogP contribution in [0.25, 0.3) is 0 Å². The Morgan fingerprint density at radius 2 is 1.88 bits per heavy atom. The first-order chi connectivity index (χ1) is 12.4. The molecule has 0 aromatic heterocycles. The fourth-order valence-corrected chi connectivity index (χ4v) is 3.39. The number of carbonyl (C=O) groups excluding carboxylic acids is 3. The molecule has 0 bridgehead atoms. The summed E-state index contributed by atoms with van der Waals surface area (Å²) >= 11 is 1.61. The van der Waals surface area contributed by atoms with Gasteiger partial charge in [-0.2, -0.15) is 0 Å². The van der Waals surface area contributed by atoms with Crippen LogP contribution in [0.1, 0.15) is 46.0 Å². The van der Waals surface area contributed by atoms with Gasteiger partial charge in [0.05, 0.1) is 0 Å². The Balaban J connectivity index is 1.92. The van der Waals surface area contributed by atoms with Crippen LogP contribution >= 0.6 is 11.8 Å². The second kappa shape index (κ2) is 9.07. The predicted octanol–water partition coefficient (Wildman–Crippen LogP) is 3.63. The molecule has 142 valence electrons. The highest BCUT2D eigenvalue weighted by atomic mass is 32.2. The van der Waals surface area contributed by atoms with Crippen molar-refractivity contribution in [1.29, 1.82) is 0 Å². The molecule has 1 atom stereocenters. The Bertz CT molecular complexity index is 662. The number of benzene rings is 1. The lowest BCUT2D eigenvalue weighted by Gasteiger charge is -2.21. The third-order valence-electron chi connectivity index (χ3n) is 4.55. The summed E-state index contributed by atoms with van der Waals surface area (Å²) in [4.78, 5) is 39.1. The zero-order chi connectivity index (χ0) is 19.2. The lowest BCUT2D eigenvalue weighted by molar-refractivity contribution is -0.133. The summed E-state index contributed by atoms with van der Waals surface area (Å²) in [5.74, 6) is -0.715. The zero-order valence-corrected chi connectivity index (χ0v) is 16.4. The van der Waals surface area contributed by atoms with Gasteiger partial charge in [0, 0.05) is 10.6 Å². The van der Waals surface area contributed by atoms with E-state index in [9.17, 15) is 14.4 Å². The summed E-state index contributed by atoms with van der Waals surface area (Å²) in [6, 6.07) is 6.91. The van der Waals surface area contributed by atoms with Crippen LogP contribution in [0.5, 0.6) is 0 Å². The molecule has 1 fully saturated rings. The van der Waals surface area contributed by atoms with E-state index in [1.807, 2.05) is 18.4 Å². The molecule has 2 N–H and O–H groups in total. The highest BCUT2D eigenvalue weighted by Crippen LogP contribution is 2.24. The minimum atomic E-state index is -0.912. The number of nitrogens with one attached hydrogen (secondary N) is 2. The Morgan fingerprint density at radius 1 is 1.19 bits per heavy atom. The van der Waals surface area contributed by atoms with E-state index in [1.54, 1.807) is 30.8 Å². The van der Waals surface area contributed by atoms with Crippen LogP contribution in [-0.2, 0) is 9.59 Å². The number of unbranched alkanes of at least 4 members (excludes halogenated alkanes) is 3. The van der Waals surface area contributed by atoms with E-state index in [0.717, 1.165) is 35.5 Å². The Hall–Kier alpha value is -2.02. The third kappa shape index (κ3) is 5.00. The minimum Gasteiger partial charge on any atom is -0.325 e. The lowest BCUT2D eigenvalue weighted by Crippen LogP contribution is -2.44. The van der Waals surface area contributed by atoms with Gasteiger partial charge in [-0.3, -0.25) is 14.5 Å². The van der Waals surface area contributed by atoms with Crippen LogP contribution in [0.2, 0.25) is 0 Å². The van der Waals surface area contributed by atoms with Crippen LogP contribution < -0.4 is 10.6 Å². The number of carbonyl (C=O) groups is 3. The summed E-state index contributed by atoms with van der Waals surface area (Å²) in [7, 11) is 0. The maximum Gasteiger partial charge on any atom is 0.325 e. The van der Waals surface area contributed by atoms with Gasteiger partial charge in [-0.1, -0.05) is 32.6 Å². The average molecular weight is 378 g/mol. The first-order valence-electron chi connectivity index (χ1n) is 8.97. The number of nitrogens with zero attached hydrogens (tertiary/aromatic N) is 1. The van der Waals surface area contributed by atoms with Gasteiger partial charge in [0.1, 0.15) is 12.1 Å². The van der Waals surface area contributed by atoms with Crippen molar-refractivity contribution in [2.24, 2.45) is 0 Å². The Kier molecular flexibility index (Phi) is 7.08. The maximum absolute atomic E-state index is 12.6. The monoisotopic (exact) mass is 377 g/mol. The fourth-order valence-electron chi connectivity index (χ4n) is 2.98. The highest BCUT2D eigenvalue weighted by Gasteiger charge is 2.47. The van der Waals surface area contributed by atoms with Gasteiger partial charge < -0.3 is 10.6 Å². The fraction of sp³-hybridized carbons (Fsp3) is 0.526. The van der Waals surface area contributed by atoms with Crippen LogP contribution in [0, 0.1) is 0 Å². The second-order valence-corrected chi connectivity index (χ2v) is 7.62. The summed E-state index contributed by atoms with van der Waals surface area (Å²) in [6.45, 7) is 3.58. The zero-order valence-electron chi connectivity index (χ0n) is 15.6. The smallest absolute Gasteiger partial charge is 0.325 e. The number of hydrogen-bond donors (Lipinski definition) is 2. The maximum atomic E-state index is 12.6. The predicted molar refractivity (Wildman–Crippen MR) is 104 cm³/mol. The summed E-state index contributed by atoms with van der Waals surface area (Å²) in [5.41, 5.74) is -0.271. The minimum absolute atomic E-state index is 0.278. The van der Waals surface area contributed by atoms with Gasteiger partial charge in [-0.15, -0.1) is 11.8 Å². The second-order valence-electron chi connectivity index (χ2n) is 6.74. The van der Waals surface area contributed by atoms with Crippen LogP contribution in [-0.4, -0.2) is 41.1 Å². The molecule has 1 aliphatic rings.